The van der Waals surface area contributed by atoms with Crippen molar-refractivity contribution in [2.45, 2.75) is 13.8 Å². The monoisotopic (exact) mass is 475 g/mol. The number of aryl methyl sites for hydroxylation is 2. The molecule has 0 N–H and O–H groups in total. The van der Waals surface area contributed by atoms with E-state index < -0.39 is 0 Å². The summed E-state index contributed by atoms with van der Waals surface area (Å²) in [6.07, 6.45) is 0. The molecule has 4 heterocycles. The molecule has 11 heteroatoms. The van der Waals surface area contributed by atoms with Crippen LogP contribution in [-0.4, -0.2) is 41.9 Å². The van der Waals surface area contributed by atoms with Crippen LogP contribution in [0.5, 0.6) is 0 Å². The number of nitriles is 1. The summed E-state index contributed by atoms with van der Waals surface area (Å²) in [4.78, 5) is 12.8. The number of oxazole rings is 2. The van der Waals surface area contributed by atoms with Gasteiger partial charge in [0.25, 0.3) is 5.70 Å². The zero-order valence-electron chi connectivity index (χ0n) is 19.9. The van der Waals surface area contributed by atoms with Gasteiger partial charge in [-0.2, -0.15) is 5.26 Å². The van der Waals surface area contributed by atoms with E-state index in [-0.39, 0.29) is 23.1 Å². The van der Waals surface area contributed by atoms with Crippen molar-refractivity contribution in [3.05, 3.63) is 93.8 Å². The maximum absolute atomic E-state index is 10.3. The third-order valence-electron chi connectivity index (χ3n) is 6.49. The predicted molar refractivity (Wildman–Crippen MR) is 142 cm³/mol. The first-order chi connectivity index (χ1) is 18.0. The Kier molecular flexibility index (Phi) is 5.10. The smallest absolute Gasteiger partial charge is 0.269 e. The van der Waals surface area contributed by atoms with Gasteiger partial charge in [-0.05, 0) is 38.1 Å². The third-order valence-corrected chi connectivity index (χ3v) is 6.49. The van der Waals surface area contributed by atoms with E-state index in [1.807, 2.05) is 50.2 Å². The van der Waals surface area contributed by atoms with Gasteiger partial charge in [0.05, 0.1) is 11.9 Å². The van der Waals surface area contributed by atoms with Crippen molar-refractivity contribution < 1.29 is 8.83 Å². The highest BCUT2D eigenvalue weighted by molar-refractivity contribution is 6.88. The van der Waals surface area contributed by atoms with Gasteiger partial charge in [0.1, 0.15) is 22.7 Å². The molecule has 5 radical (unpaired) electrons. The summed E-state index contributed by atoms with van der Waals surface area (Å²) in [6, 6.07) is 16.8. The van der Waals surface area contributed by atoms with Crippen LogP contribution in [0, 0.1) is 31.8 Å². The number of hydrogen-bond donors (Lipinski definition) is 0. The Morgan fingerprint density at radius 1 is 0.946 bits per heavy atom. The molecule has 0 amide bonds. The molecule has 0 spiro atoms. The number of nitrogens with zero attached hydrogens (tertiary/aromatic N) is 6. The molecule has 0 saturated carbocycles. The Morgan fingerprint density at radius 2 is 1.51 bits per heavy atom. The first kappa shape index (κ1) is 22.6. The van der Waals surface area contributed by atoms with Gasteiger partial charge < -0.3 is 17.8 Å². The summed E-state index contributed by atoms with van der Waals surface area (Å²) < 4.78 is 14.9. The zero-order valence-corrected chi connectivity index (χ0v) is 19.9. The molecule has 0 aliphatic heterocycles. The van der Waals surface area contributed by atoms with Crippen molar-refractivity contribution in [2.75, 3.05) is 0 Å². The molecule has 0 aliphatic rings. The highest BCUT2D eigenvalue weighted by Gasteiger charge is 2.24. The molecule has 0 bridgehead atoms. The maximum atomic E-state index is 10.3. The van der Waals surface area contributed by atoms with Gasteiger partial charge in [0.2, 0.25) is 19.8 Å². The topological polar surface area (TPSA) is 90.1 Å². The van der Waals surface area contributed by atoms with Crippen LogP contribution in [0.15, 0.2) is 57.4 Å². The predicted octanol–water partition coefficient (Wildman–Crippen LogP) is 2.62. The van der Waals surface area contributed by atoms with E-state index in [1.165, 1.54) is 11.8 Å². The molecule has 0 aliphatic carbocycles. The van der Waals surface area contributed by atoms with Crippen LogP contribution in [0.2, 0.25) is 0 Å². The number of benzene rings is 2. The van der Waals surface area contributed by atoms with E-state index in [9.17, 15) is 5.26 Å². The van der Waals surface area contributed by atoms with Crippen LogP contribution < -0.4 is 10.7 Å². The number of hydrogen-bond acceptors (Lipinski definition) is 5. The minimum atomic E-state index is 0.140. The molecule has 37 heavy (non-hydrogen) atoms. The lowest BCUT2D eigenvalue weighted by Gasteiger charge is -2.07. The van der Waals surface area contributed by atoms with Crippen LogP contribution in [-0.2, 0) is 0 Å². The number of aromatic nitrogens is 4. The van der Waals surface area contributed by atoms with E-state index in [0.29, 0.717) is 55.1 Å². The van der Waals surface area contributed by atoms with Crippen LogP contribution >= 0.6 is 0 Å². The molecule has 169 valence electrons. The summed E-state index contributed by atoms with van der Waals surface area (Å²) in [5.41, 5.74) is 3.98. The molecule has 6 aromatic rings. The summed E-state index contributed by atoms with van der Waals surface area (Å²) in [5.74, 6) is 0.307. The van der Waals surface area contributed by atoms with E-state index in [2.05, 4.69) is 20.9 Å². The Balaban J connectivity index is 1.80. The normalized spacial score (nSPS) is 13.1. The van der Waals surface area contributed by atoms with E-state index in [1.54, 1.807) is 16.6 Å². The molecule has 0 atom stereocenters. The van der Waals surface area contributed by atoms with Crippen LogP contribution in [0.1, 0.15) is 23.2 Å². The van der Waals surface area contributed by atoms with Crippen LogP contribution in [0.3, 0.4) is 0 Å². The second-order valence-electron chi connectivity index (χ2n) is 8.43. The highest BCUT2D eigenvalue weighted by atomic mass is 16.4. The quantitative estimate of drug-likeness (QED) is 0.290. The van der Waals surface area contributed by atoms with Crippen molar-refractivity contribution in [1.82, 2.24) is 18.9 Å². The molecular formula is C26H14B3N6O2. The lowest BCUT2D eigenvalue weighted by molar-refractivity contribution is 0.584. The SMILES string of the molecule is [B][B]n1c(C)c2/c(=C(\[N+]#[C-])c3nc4ccccc4o3)n([B])c(C)c2/c1=C(\C#N)c1nc2ccccc2o1. The van der Waals surface area contributed by atoms with Crippen molar-refractivity contribution in [3.8, 4) is 6.07 Å². The van der Waals surface area contributed by atoms with E-state index in [4.69, 9.17) is 31.1 Å². The van der Waals surface area contributed by atoms with Crippen molar-refractivity contribution in [1.29, 1.82) is 5.26 Å². The second kappa shape index (κ2) is 8.36. The largest absolute Gasteiger partial charge is 0.447 e. The molecule has 8 nitrogen and oxygen atoms in total. The highest BCUT2D eigenvalue weighted by Crippen LogP contribution is 2.25. The van der Waals surface area contributed by atoms with Crippen molar-refractivity contribution >= 4 is 67.3 Å². The Morgan fingerprint density at radius 3 is 2.08 bits per heavy atom. The first-order valence-corrected chi connectivity index (χ1v) is 11.3. The van der Waals surface area contributed by atoms with Crippen LogP contribution in [0.4, 0.5) is 0 Å². The maximum Gasteiger partial charge on any atom is 0.269 e. The van der Waals surface area contributed by atoms with Crippen LogP contribution in [0.25, 0.3) is 49.1 Å². The van der Waals surface area contributed by atoms with E-state index in [0.717, 1.165) is 0 Å². The Labute approximate surface area is 214 Å². The zero-order chi connectivity index (χ0) is 25.8. The fourth-order valence-electron chi connectivity index (χ4n) is 4.78. The molecule has 0 fully saturated rings. The molecule has 4 aromatic heterocycles. The third kappa shape index (κ3) is 3.18. The summed E-state index contributed by atoms with van der Waals surface area (Å²) in [5, 5.41) is 12.4. The van der Waals surface area contributed by atoms with Gasteiger partial charge in [0, 0.05) is 35.2 Å². The first-order valence-electron chi connectivity index (χ1n) is 11.3. The molecule has 2 aromatic carbocycles. The fourth-order valence-corrected chi connectivity index (χ4v) is 4.78. The molecule has 6 rings (SSSR count). The number of rotatable bonds is 3. The van der Waals surface area contributed by atoms with Gasteiger partial charge >= 0.3 is 0 Å². The average molecular weight is 475 g/mol. The number of para-hydroxylation sites is 4. The number of fused-ring (bicyclic) bond motifs is 3. The Hall–Kier alpha value is -4.89. The average Bonchev–Trinajstić information content (AvgIpc) is 3.65. The van der Waals surface area contributed by atoms with Crippen molar-refractivity contribution in [2.24, 2.45) is 0 Å². The fraction of sp³-hybridized carbons (Fsp3) is 0.0769. The molecule has 0 saturated heterocycles. The van der Waals surface area contributed by atoms with Crippen molar-refractivity contribution in [3.63, 3.8) is 0 Å². The second-order valence-corrected chi connectivity index (χ2v) is 8.43. The van der Waals surface area contributed by atoms with E-state index >= 15 is 0 Å². The standard InChI is InChI=1S/C26H14B3N6O2/c1-13-20-21(24(34(13)28)22(31-3)26-33-17-9-5-7-11-19(17)37-26)14(2)35(29-27)23(20)15(12-30)25-32-16-8-4-6-10-18(16)36-25/h4-11H,1-2H3/b23-15-,24-22+. The van der Waals surface area contributed by atoms with Gasteiger partial charge in [-0.1, -0.05) is 24.3 Å². The lowest BCUT2D eigenvalue weighted by atomic mass is 9.66. The van der Waals surface area contributed by atoms with Gasteiger partial charge in [-0.3, -0.25) is 0 Å². The molecule has 0 unspecified atom stereocenters. The minimum absolute atomic E-state index is 0.140. The van der Waals surface area contributed by atoms with Gasteiger partial charge in [-0.25, -0.2) is 14.8 Å². The Bertz CT molecular complexity index is 2030. The summed E-state index contributed by atoms with van der Waals surface area (Å²) >= 11 is 0. The molecular weight excluding hydrogens is 461 g/mol. The summed E-state index contributed by atoms with van der Waals surface area (Å²) in [7, 11) is 14.0. The van der Waals surface area contributed by atoms with Gasteiger partial charge in [0.15, 0.2) is 18.5 Å². The lowest BCUT2D eigenvalue weighted by Crippen LogP contribution is -2.27. The minimum Gasteiger partial charge on any atom is -0.447 e. The summed E-state index contributed by atoms with van der Waals surface area (Å²) in [6.45, 7) is 11.6. The van der Waals surface area contributed by atoms with Gasteiger partial charge in [-0.15, -0.1) is 0 Å².